The fourth-order valence-electron chi connectivity index (χ4n) is 13.0. The molecule has 0 radical (unpaired) electrons. The summed E-state index contributed by atoms with van der Waals surface area (Å²) < 4.78 is 51.0. The van der Waals surface area contributed by atoms with E-state index in [0.29, 0.717) is 47.6 Å². The predicted octanol–water partition coefficient (Wildman–Crippen LogP) is 9.65. The Morgan fingerprint density at radius 3 is 1.36 bits per heavy atom. The fourth-order valence-corrected chi connectivity index (χ4v) is 21.1. The van der Waals surface area contributed by atoms with Crippen LogP contribution in [-0.4, -0.2) is 125 Å². The minimum atomic E-state index is -2.86. The van der Waals surface area contributed by atoms with E-state index in [1.54, 1.807) is 0 Å². The quantitative estimate of drug-likeness (QED) is 0.00382. The molecule has 0 aliphatic carbocycles. The summed E-state index contributed by atoms with van der Waals surface area (Å²) in [6.45, 7) is 6.94. The molecule has 7 atom stereocenters. The van der Waals surface area contributed by atoms with Crippen LogP contribution >= 0.6 is 70.6 Å². The minimum absolute atomic E-state index is 0. The molecule has 6 aromatic rings. The van der Waals surface area contributed by atoms with Crippen molar-refractivity contribution in [2.24, 2.45) is 5.73 Å². The Balaban J connectivity index is 0.000000288. The van der Waals surface area contributed by atoms with Crippen molar-refractivity contribution in [3.8, 4) is 0 Å². The Morgan fingerprint density at radius 1 is 0.534 bits per heavy atom. The molecule has 103 heavy (non-hydrogen) atoms. The van der Waals surface area contributed by atoms with Gasteiger partial charge in [0.1, 0.15) is 5.78 Å². The van der Waals surface area contributed by atoms with E-state index in [-0.39, 0.29) is 57.3 Å². The van der Waals surface area contributed by atoms with Crippen LogP contribution in [0.1, 0.15) is 139 Å². The van der Waals surface area contributed by atoms with Gasteiger partial charge in [0.25, 0.3) is 0 Å². The second-order valence-corrected chi connectivity index (χ2v) is 33.2. The number of carbonyl (C=O) groups is 2. The third-order valence-corrected chi connectivity index (χ3v) is 26.1. The number of hydrogen-bond donors (Lipinski definition) is 10. The maximum absolute atomic E-state index is 12.7. The van der Waals surface area contributed by atoms with E-state index in [9.17, 15) is 14.7 Å². The summed E-state index contributed by atoms with van der Waals surface area (Å²) in [5.74, 6) is 6.73. The standard InChI is InChI=1S/C38H45N3O2S3.C27H30N2S2.C10H20N2O3S.2Li.2HO3S.H2/c1-2-23-44-37(45-24-13-12-17-28(42)16-6-11-22-34-36-31(26-46-34)39-38(43)40-36)35-29-18-7-9-20-32(29)41(25-27-14-4-3-5-15-27)33-21-10-8-19-30(33)35;1-2-18-30-27(31-19-10-17-28)26-22-13-6-8-15-24(22)29(20-21-11-4-3-5-12-21)25-16-9-7-14-23(25)26;13-8(14)4-2-1-3-7-9-6(5-16-7)11-10(15)12-9;;;2*1-4(2)3;/h3-5,7-10,14-15,18-21,31,34,36H,2,6,11-13,16-17,22-26H2,1H3,(H2,39,40,43);3-9,11-16H,2,10,17-20,28H2,1H3;6-15H,1-5H2;;;2*(H,1,2,3);1H/q;;;2*+1;2*-1;/t31-,34-,36?;;6-,7-,9-,10+;;;;;/m1.1...../s1. The fraction of sp³-hybridized carbons (Fsp3) is 0.440. The van der Waals surface area contributed by atoms with E-state index < -0.39 is 34.6 Å². The summed E-state index contributed by atoms with van der Waals surface area (Å²) in [6.07, 6.45) is 11.4. The molecule has 6 aromatic carbocycles. The summed E-state index contributed by atoms with van der Waals surface area (Å²) in [6, 6.07) is 58.2. The Hall–Kier alpha value is -3.79. The van der Waals surface area contributed by atoms with E-state index in [2.05, 4.69) is 203 Å². The van der Waals surface area contributed by atoms with E-state index in [4.69, 9.17) is 41.9 Å². The van der Waals surface area contributed by atoms with Gasteiger partial charge in [-0.3, -0.25) is 15.4 Å². The van der Waals surface area contributed by atoms with Gasteiger partial charge in [0.15, 0.2) is 12.6 Å². The first kappa shape index (κ1) is 88.1. The van der Waals surface area contributed by atoms with E-state index in [1.165, 1.54) is 82.2 Å². The number of unbranched alkanes of at least 4 members (excludes halogenated alkanes) is 3. The van der Waals surface area contributed by atoms with Gasteiger partial charge in [0.05, 0.1) is 12.1 Å². The number of aliphatic hydroxyl groups excluding tert-OH is 2. The summed E-state index contributed by atoms with van der Waals surface area (Å²) in [5, 5.41) is 40.2. The van der Waals surface area contributed by atoms with Crippen molar-refractivity contribution in [3.63, 3.8) is 0 Å². The molecule has 6 heterocycles. The monoisotopic (exact) mass is 1540 g/mol. The van der Waals surface area contributed by atoms with Gasteiger partial charge < -0.3 is 67.4 Å². The van der Waals surface area contributed by atoms with Crippen molar-refractivity contribution >= 4 is 138 Å². The van der Waals surface area contributed by atoms with Crippen molar-refractivity contribution in [2.45, 2.75) is 164 Å². The van der Waals surface area contributed by atoms with Gasteiger partial charge in [0, 0.05) is 148 Å². The largest absolute Gasteiger partial charge is 1.00 e. The molecule has 550 valence electrons. The molecule has 1 unspecified atom stereocenters. The van der Waals surface area contributed by atoms with Gasteiger partial charge in [-0.15, -0.1) is 47.0 Å². The average Bonchev–Trinajstić information content (AvgIpc) is 0.997. The maximum atomic E-state index is 12.7. The first-order valence-corrected chi connectivity index (χ1v) is 42.8. The second-order valence-electron chi connectivity index (χ2n) is 24.9. The predicted molar refractivity (Wildman–Crippen MR) is 427 cm³/mol. The maximum Gasteiger partial charge on any atom is 1.00 e. The first-order chi connectivity index (χ1) is 49.1. The Bertz CT molecular complexity index is 3670. The number of carbonyl (C=O) groups excluding carboxylic acids is 2. The van der Waals surface area contributed by atoms with Gasteiger partial charge >= 0.3 is 43.8 Å². The Kier molecular flexibility index (Phi) is 41.0. The number of aliphatic hydroxyl groups is 3. The summed E-state index contributed by atoms with van der Waals surface area (Å²) in [7, 11) is -5.72. The molecular formula is C75H99Li2N7O11S8. The normalized spacial score (nSPS) is 19.1. The number of fused-ring (bicyclic) bond motifs is 6. The molecule has 0 spiro atoms. The molecular weight excluding hydrogens is 1450 g/mol. The number of thioether (sulfide) groups is 6. The molecule has 0 saturated carbocycles. The van der Waals surface area contributed by atoms with Crippen molar-refractivity contribution in [3.05, 3.63) is 200 Å². The molecule has 18 nitrogen and oxygen atoms in total. The molecule has 0 bridgehead atoms. The number of nitrogens with one attached hydrogen (secondary N) is 4. The van der Waals surface area contributed by atoms with Crippen LogP contribution in [0.5, 0.6) is 0 Å². The van der Waals surface area contributed by atoms with Crippen molar-refractivity contribution in [1.29, 1.82) is 0 Å². The van der Waals surface area contributed by atoms with Crippen LogP contribution in [-0.2, 0) is 56.7 Å². The number of hydrogen-bond acceptors (Lipinski definition) is 22. The summed E-state index contributed by atoms with van der Waals surface area (Å²) in [5.41, 5.74) is 21.5. The zero-order valence-corrected chi connectivity index (χ0v) is 65.8. The van der Waals surface area contributed by atoms with Crippen LogP contribution in [0.2, 0.25) is 0 Å². The second kappa shape index (κ2) is 47.9. The zero-order valence-electron chi connectivity index (χ0n) is 59.3. The van der Waals surface area contributed by atoms with Gasteiger partial charge in [-0.05, 0) is 129 Å². The molecule has 6 aliphatic heterocycles. The molecule has 11 N–H and O–H groups in total. The van der Waals surface area contributed by atoms with Crippen LogP contribution < -0.4 is 74.5 Å². The molecule has 12 rings (SSSR count). The van der Waals surface area contributed by atoms with Gasteiger partial charge in [-0.1, -0.05) is 160 Å². The van der Waals surface area contributed by atoms with Gasteiger partial charge in [-0.2, -0.15) is 23.5 Å². The van der Waals surface area contributed by atoms with Crippen LogP contribution in [0.15, 0.2) is 166 Å². The molecule has 28 heteroatoms. The first-order valence-electron chi connectivity index (χ1n) is 34.7. The zero-order chi connectivity index (χ0) is 71.9. The number of Topliss-reactive ketones (excluding diaryl/α,β-unsaturated/α-hetero) is 1. The Morgan fingerprint density at radius 2 is 0.922 bits per heavy atom. The van der Waals surface area contributed by atoms with E-state index in [0.717, 1.165) is 118 Å². The molecule has 6 aliphatic rings. The number of nitrogens with zero attached hydrogens (tertiary/aromatic N) is 2. The summed E-state index contributed by atoms with van der Waals surface area (Å²) in [4.78, 5) is 29.2. The van der Waals surface area contributed by atoms with Gasteiger partial charge in [0.2, 0.25) is 0 Å². The number of amides is 2. The molecule has 2 amide bonds. The molecule has 4 fully saturated rings. The van der Waals surface area contributed by atoms with Gasteiger partial charge in [-0.25, -0.2) is 4.79 Å². The SMILES string of the molecule is CCCSC(SCCCCC(=O)CCCC[C@H]1SC[C@H]2NC(=O)NC21)=C1c2ccccc2N(Cc2ccccc2)c2ccccc21.CCCSC(SCCCN)=C1c2ccccc2N(Cc2ccccc2)c2ccccc21.O=[S-](=O)O.O=[S-](=O)O.OC(O)CCCC[C@H]1SC[C@H]2N[C@H](O)N[C@H]21.[HH].[Li+].[Li+]. The number of anilines is 4. The van der Waals surface area contributed by atoms with E-state index in [1.807, 2.05) is 70.6 Å². The topological polar surface area (TPSA) is 284 Å². The van der Waals surface area contributed by atoms with Crippen molar-refractivity contribution in [2.75, 3.05) is 50.9 Å². The minimum Gasteiger partial charge on any atom is -0.439 e. The van der Waals surface area contributed by atoms with Crippen LogP contribution in [0.4, 0.5) is 27.5 Å². The third kappa shape index (κ3) is 27.7. The molecule has 4 saturated heterocycles. The van der Waals surface area contributed by atoms with Crippen molar-refractivity contribution in [1.82, 2.24) is 21.3 Å². The number of para-hydroxylation sites is 4. The number of benzene rings is 6. The number of nitrogens with two attached hydrogens (primary N) is 1. The van der Waals surface area contributed by atoms with Crippen LogP contribution in [0.3, 0.4) is 0 Å². The smallest absolute Gasteiger partial charge is 0.439 e. The number of rotatable bonds is 30. The summed E-state index contributed by atoms with van der Waals surface area (Å²) >= 11 is 11.8. The molecule has 0 aromatic heterocycles. The third-order valence-electron chi connectivity index (χ3n) is 17.6. The number of ketones is 1. The van der Waals surface area contributed by atoms with Crippen molar-refractivity contribution < 1.29 is 90.0 Å². The number of urea groups is 1. The Labute approximate surface area is 663 Å². The van der Waals surface area contributed by atoms with Crippen LogP contribution in [0.25, 0.3) is 11.1 Å². The van der Waals surface area contributed by atoms with Crippen LogP contribution in [0, 0.1) is 0 Å². The average molecular weight is 1550 g/mol. The van der Waals surface area contributed by atoms with E-state index >= 15 is 0 Å².